The van der Waals surface area contributed by atoms with E-state index in [1.165, 1.54) is 6.33 Å². The molecule has 0 unspecified atom stereocenters. The van der Waals surface area contributed by atoms with E-state index in [2.05, 4.69) is 25.3 Å². The van der Waals surface area contributed by atoms with Crippen molar-refractivity contribution in [2.75, 3.05) is 13.1 Å². The summed E-state index contributed by atoms with van der Waals surface area (Å²) in [6.07, 6.45) is 2.13. The minimum Gasteiger partial charge on any atom is -0.335 e. The van der Waals surface area contributed by atoms with Crippen molar-refractivity contribution in [3.63, 3.8) is 0 Å². The average Bonchev–Trinajstić information content (AvgIpc) is 3.35. The number of hydrogen-bond donors (Lipinski definition) is 1. The summed E-state index contributed by atoms with van der Waals surface area (Å²) < 4.78 is 5.30. The topological polar surface area (TPSA) is 101 Å². The quantitative estimate of drug-likeness (QED) is 0.786. The van der Waals surface area contributed by atoms with E-state index >= 15 is 0 Å². The molecule has 0 bridgehead atoms. The molecule has 1 aliphatic heterocycles. The molecule has 8 nitrogen and oxygen atoms in total. The average molecular weight is 316 g/mol. The van der Waals surface area contributed by atoms with Crippen molar-refractivity contribution in [1.82, 2.24) is 30.2 Å². The minimum absolute atomic E-state index is 0.0861. The van der Waals surface area contributed by atoms with Gasteiger partial charge >= 0.3 is 0 Å². The number of rotatable bonds is 3. The van der Waals surface area contributed by atoms with Crippen molar-refractivity contribution >= 4 is 17.2 Å². The number of aromatic nitrogens is 5. The van der Waals surface area contributed by atoms with Gasteiger partial charge in [-0.1, -0.05) is 5.16 Å². The van der Waals surface area contributed by atoms with Gasteiger partial charge in [0.1, 0.15) is 6.33 Å². The first-order valence-electron chi connectivity index (χ1n) is 6.82. The van der Waals surface area contributed by atoms with Gasteiger partial charge in [-0.3, -0.25) is 9.89 Å². The minimum atomic E-state index is -0.151. The highest BCUT2D eigenvalue weighted by Crippen LogP contribution is 2.28. The van der Waals surface area contributed by atoms with E-state index in [9.17, 15) is 4.79 Å². The number of thiophene rings is 1. The number of hydrogen-bond acceptors (Lipinski definition) is 7. The molecule has 1 N–H and O–H groups in total. The second-order valence-corrected chi connectivity index (χ2v) is 5.82. The standard InChI is InChI=1S/C13H12N6O2S/c20-13(11-14-7-15-17-11)19-3-1-8(5-19)10-16-12(21-18-10)9-2-4-22-6-9/h2,4,6-8H,1,3,5H2,(H,14,15,17)/t8-/m0/s1. The molecule has 3 aromatic rings. The van der Waals surface area contributed by atoms with Gasteiger partial charge in [0.15, 0.2) is 5.82 Å². The van der Waals surface area contributed by atoms with Crippen LogP contribution in [0.4, 0.5) is 0 Å². The first-order chi connectivity index (χ1) is 10.8. The number of nitrogens with one attached hydrogen (secondary N) is 1. The van der Waals surface area contributed by atoms with E-state index in [-0.39, 0.29) is 17.6 Å². The fraction of sp³-hybridized carbons (Fsp3) is 0.308. The van der Waals surface area contributed by atoms with Crippen LogP contribution in [-0.2, 0) is 0 Å². The van der Waals surface area contributed by atoms with Gasteiger partial charge in [0.05, 0.1) is 5.56 Å². The Kier molecular flexibility index (Phi) is 3.19. The lowest BCUT2D eigenvalue weighted by Crippen LogP contribution is -2.29. The van der Waals surface area contributed by atoms with Gasteiger partial charge in [-0.25, -0.2) is 4.98 Å². The molecule has 1 fully saturated rings. The van der Waals surface area contributed by atoms with Gasteiger partial charge < -0.3 is 9.42 Å². The third kappa shape index (κ3) is 2.29. The molecule has 0 radical (unpaired) electrons. The van der Waals surface area contributed by atoms with Crippen molar-refractivity contribution in [1.29, 1.82) is 0 Å². The Morgan fingerprint density at radius 1 is 1.50 bits per heavy atom. The zero-order valence-corrected chi connectivity index (χ0v) is 12.3. The number of amides is 1. The van der Waals surface area contributed by atoms with E-state index in [1.54, 1.807) is 16.2 Å². The summed E-state index contributed by atoms with van der Waals surface area (Å²) in [5, 5.41) is 14.3. The first kappa shape index (κ1) is 13.1. The molecule has 0 aromatic carbocycles. The maximum Gasteiger partial charge on any atom is 0.291 e. The van der Waals surface area contributed by atoms with Crippen LogP contribution in [0.1, 0.15) is 28.8 Å². The molecular formula is C13H12N6O2S. The summed E-state index contributed by atoms with van der Waals surface area (Å²) in [7, 11) is 0. The van der Waals surface area contributed by atoms with Crippen molar-refractivity contribution in [2.45, 2.75) is 12.3 Å². The Balaban J connectivity index is 1.48. The Morgan fingerprint density at radius 2 is 2.45 bits per heavy atom. The van der Waals surface area contributed by atoms with Crippen LogP contribution >= 0.6 is 11.3 Å². The number of nitrogens with zero attached hydrogens (tertiary/aromatic N) is 5. The van der Waals surface area contributed by atoms with E-state index in [4.69, 9.17) is 4.52 Å². The molecule has 4 heterocycles. The molecule has 3 aromatic heterocycles. The van der Waals surface area contributed by atoms with Crippen molar-refractivity contribution in [3.05, 3.63) is 34.8 Å². The van der Waals surface area contributed by atoms with Crippen molar-refractivity contribution in [3.8, 4) is 11.5 Å². The third-order valence-electron chi connectivity index (χ3n) is 3.67. The molecule has 0 spiro atoms. The van der Waals surface area contributed by atoms with Crippen LogP contribution in [0.5, 0.6) is 0 Å². The smallest absolute Gasteiger partial charge is 0.291 e. The zero-order chi connectivity index (χ0) is 14.9. The fourth-order valence-corrected chi connectivity index (χ4v) is 3.15. The second kappa shape index (κ2) is 5.34. The summed E-state index contributed by atoms with van der Waals surface area (Å²) in [5.41, 5.74) is 0.927. The lowest BCUT2D eigenvalue weighted by Gasteiger charge is -2.13. The SMILES string of the molecule is O=C(c1ncn[nH]1)N1CC[C@H](c2noc(-c3ccsc3)n2)C1. The second-order valence-electron chi connectivity index (χ2n) is 5.04. The summed E-state index contributed by atoms with van der Waals surface area (Å²) in [6.45, 7) is 1.20. The van der Waals surface area contributed by atoms with Crippen molar-refractivity contribution < 1.29 is 9.32 Å². The molecule has 22 heavy (non-hydrogen) atoms. The highest BCUT2D eigenvalue weighted by Gasteiger charge is 2.32. The van der Waals surface area contributed by atoms with E-state index in [0.29, 0.717) is 24.8 Å². The van der Waals surface area contributed by atoms with Crippen molar-refractivity contribution in [2.24, 2.45) is 0 Å². The normalized spacial score (nSPS) is 18.0. The van der Waals surface area contributed by atoms with Crippen LogP contribution in [0.15, 0.2) is 27.7 Å². The molecule has 1 atom stereocenters. The van der Waals surface area contributed by atoms with E-state index in [0.717, 1.165) is 12.0 Å². The van der Waals surface area contributed by atoms with Crippen LogP contribution in [0.25, 0.3) is 11.5 Å². The van der Waals surface area contributed by atoms with Crippen LogP contribution in [-0.4, -0.2) is 49.2 Å². The largest absolute Gasteiger partial charge is 0.335 e. The molecule has 0 aliphatic carbocycles. The van der Waals surface area contributed by atoms with Gasteiger partial charge in [0, 0.05) is 24.4 Å². The Labute approximate surface area is 129 Å². The van der Waals surface area contributed by atoms with Crippen LogP contribution in [0.2, 0.25) is 0 Å². The number of carbonyl (C=O) groups is 1. The van der Waals surface area contributed by atoms with Crippen LogP contribution in [0, 0.1) is 0 Å². The number of likely N-dealkylation sites (tertiary alicyclic amines) is 1. The molecule has 112 valence electrons. The summed E-state index contributed by atoms with van der Waals surface area (Å²) in [4.78, 5) is 22.3. The zero-order valence-electron chi connectivity index (χ0n) is 11.5. The highest BCUT2D eigenvalue weighted by atomic mass is 32.1. The number of carbonyl (C=O) groups excluding carboxylic acids is 1. The van der Waals surface area contributed by atoms with Crippen LogP contribution < -0.4 is 0 Å². The van der Waals surface area contributed by atoms with Gasteiger partial charge in [-0.15, -0.1) is 0 Å². The lowest BCUT2D eigenvalue weighted by molar-refractivity contribution is 0.0779. The summed E-state index contributed by atoms with van der Waals surface area (Å²) in [6, 6.07) is 1.94. The van der Waals surface area contributed by atoms with E-state index < -0.39 is 0 Å². The lowest BCUT2D eigenvalue weighted by atomic mass is 10.1. The Morgan fingerprint density at radius 3 is 3.23 bits per heavy atom. The maximum absolute atomic E-state index is 12.2. The van der Waals surface area contributed by atoms with Gasteiger partial charge in [0.2, 0.25) is 5.82 Å². The third-order valence-corrected chi connectivity index (χ3v) is 4.35. The summed E-state index contributed by atoms with van der Waals surface area (Å²) in [5.74, 6) is 1.36. The molecule has 9 heteroatoms. The molecule has 1 amide bonds. The molecule has 0 saturated carbocycles. The number of H-pyrrole nitrogens is 1. The first-order valence-corrected chi connectivity index (χ1v) is 7.76. The predicted molar refractivity (Wildman–Crippen MR) is 77.3 cm³/mol. The molecular weight excluding hydrogens is 304 g/mol. The Hall–Kier alpha value is -2.55. The predicted octanol–water partition coefficient (Wildman–Crippen LogP) is 1.55. The molecule has 1 saturated heterocycles. The van der Waals surface area contributed by atoms with Gasteiger partial charge in [-0.2, -0.15) is 21.4 Å². The van der Waals surface area contributed by atoms with Gasteiger partial charge in [-0.05, 0) is 17.9 Å². The van der Waals surface area contributed by atoms with E-state index in [1.807, 2.05) is 16.8 Å². The summed E-state index contributed by atoms with van der Waals surface area (Å²) >= 11 is 1.58. The molecule has 4 rings (SSSR count). The fourth-order valence-electron chi connectivity index (χ4n) is 2.52. The highest BCUT2D eigenvalue weighted by molar-refractivity contribution is 7.08. The van der Waals surface area contributed by atoms with Gasteiger partial charge in [0.25, 0.3) is 11.8 Å². The monoisotopic (exact) mass is 316 g/mol. The Bertz CT molecular complexity index is 766. The maximum atomic E-state index is 12.2. The molecule has 1 aliphatic rings. The van der Waals surface area contributed by atoms with Crippen LogP contribution in [0.3, 0.4) is 0 Å². The number of aromatic amines is 1.